The molecule has 0 spiro atoms. The molecular weight excluding hydrogens is 406 g/mol. The molecular formula is C17H16IN2OP. The van der Waals surface area contributed by atoms with E-state index in [1.54, 1.807) is 0 Å². The predicted octanol–water partition coefficient (Wildman–Crippen LogP) is 4.84. The van der Waals surface area contributed by atoms with Crippen LogP contribution in [0.1, 0.15) is 16.8 Å². The smallest absolute Gasteiger partial charge is 0.119 e. The van der Waals surface area contributed by atoms with Crippen LogP contribution in [0.25, 0.3) is 0 Å². The highest BCUT2D eigenvalue weighted by atomic mass is 127. The maximum atomic E-state index is 5.81. The Balaban J connectivity index is 1.60. The quantitative estimate of drug-likeness (QED) is 0.420. The number of rotatable bonds is 6. The first kappa shape index (κ1) is 15.5. The van der Waals surface area contributed by atoms with Gasteiger partial charge in [0.25, 0.3) is 0 Å². The second-order valence-corrected chi connectivity index (χ2v) is 6.95. The molecule has 3 rings (SSSR count). The maximum Gasteiger partial charge on any atom is 0.119 e. The summed E-state index contributed by atoms with van der Waals surface area (Å²) in [7, 11) is 0. The zero-order chi connectivity index (χ0) is 15.2. The van der Waals surface area contributed by atoms with Crippen LogP contribution in [0.15, 0.2) is 66.9 Å². The fourth-order valence-corrected chi connectivity index (χ4v) is 3.87. The van der Waals surface area contributed by atoms with Crippen LogP contribution < -0.4 is 4.74 Å². The van der Waals surface area contributed by atoms with Crippen LogP contribution in [0.4, 0.5) is 0 Å². The van der Waals surface area contributed by atoms with E-state index in [-0.39, 0.29) is 0 Å². The first-order valence-corrected chi connectivity index (χ1v) is 11.1. The van der Waals surface area contributed by atoms with Gasteiger partial charge in [-0.3, -0.25) is 0 Å². The summed E-state index contributed by atoms with van der Waals surface area (Å²) in [6, 6.07) is 20.6. The highest BCUT2D eigenvalue weighted by Crippen LogP contribution is 2.26. The van der Waals surface area contributed by atoms with Crippen LogP contribution in [-0.2, 0) is 13.0 Å². The molecule has 1 unspecified atom stereocenters. The van der Waals surface area contributed by atoms with Crippen LogP contribution in [0.3, 0.4) is 0 Å². The molecule has 22 heavy (non-hydrogen) atoms. The second kappa shape index (κ2) is 7.75. The van der Waals surface area contributed by atoms with Gasteiger partial charge >= 0.3 is 0 Å². The van der Waals surface area contributed by atoms with E-state index in [1.807, 2.05) is 41.0 Å². The molecule has 1 atom stereocenters. The van der Waals surface area contributed by atoms with E-state index in [2.05, 4.69) is 57.5 Å². The van der Waals surface area contributed by atoms with E-state index >= 15 is 0 Å². The standard InChI is InChI=1S/C17H16IN2OP/c18-22-20-16(10-11-19-20)12-14-6-8-17(9-7-14)21-13-15-4-2-1-3-5-15/h1-11,22H,12-13H2. The van der Waals surface area contributed by atoms with Gasteiger partial charge in [-0.25, -0.2) is 4.45 Å². The largest absolute Gasteiger partial charge is 0.489 e. The molecule has 0 fully saturated rings. The summed E-state index contributed by atoms with van der Waals surface area (Å²) < 4.78 is 7.85. The van der Waals surface area contributed by atoms with Crippen molar-refractivity contribution in [3.05, 3.63) is 83.7 Å². The zero-order valence-electron chi connectivity index (χ0n) is 11.9. The van der Waals surface area contributed by atoms with Crippen molar-refractivity contribution in [2.45, 2.75) is 13.0 Å². The fourth-order valence-electron chi connectivity index (χ4n) is 2.19. The topological polar surface area (TPSA) is 27.1 Å². The van der Waals surface area contributed by atoms with E-state index in [1.165, 1.54) is 16.8 Å². The maximum absolute atomic E-state index is 5.81. The van der Waals surface area contributed by atoms with Gasteiger partial charge in [0.1, 0.15) is 12.4 Å². The van der Waals surface area contributed by atoms with E-state index in [0.29, 0.717) is 13.0 Å². The van der Waals surface area contributed by atoms with Crippen molar-refractivity contribution in [3.8, 4) is 5.75 Å². The number of hydrogen-bond donors (Lipinski definition) is 0. The Morgan fingerprint density at radius 1 is 0.955 bits per heavy atom. The lowest BCUT2D eigenvalue weighted by Gasteiger charge is -2.08. The van der Waals surface area contributed by atoms with Crippen molar-refractivity contribution in [1.29, 1.82) is 0 Å². The molecule has 3 aromatic rings. The molecule has 0 aliphatic rings. The molecule has 0 saturated carbocycles. The highest BCUT2D eigenvalue weighted by molar-refractivity contribution is 14.2. The molecule has 0 amide bonds. The molecule has 0 aliphatic carbocycles. The van der Waals surface area contributed by atoms with Gasteiger partial charge in [0.05, 0.1) is 6.37 Å². The lowest BCUT2D eigenvalue weighted by molar-refractivity contribution is 0.306. The number of ether oxygens (including phenoxy) is 1. The third-order valence-electron chi connectivity index (χ3n) is 3.36. The minimum absolute atomic E-state index is 0.600. The van der Waals surface area contributed by atoms with Crippen LogP contribution in [0.2, 0.25) is 0 Å². The van der Waals surface area contributed by atoms with Gasteiger partial charge in [0.2, 0.25) is 0 Å². The van der Waals surface area contributed by atoms with Gasteiger partial charge in [0, 0.05) is 18.3 Å². The van der Waals surface area contributed by atoms with Crippen LogP contribution in [-0.4, -0.2) is 9.55 Å². The molecule has 1 heterocycles. The van der Waals surface area contributed by atoms with Crippen LogP contribution in [0.5, 0.6) is 5.75 Å². The number of hydrogen-bond acceptors (Lipinski definition) is 2. The summed E-state index contributed by atoms with van der Waals surface area (Å²) in [6.07, 6.45) is 3.39. The average molecular weight is 422 g/mol. The molecule has 1 aromatic heterocycles. The van der Waals surface area contributed by atoms with Crippen molar-refractivity contribution in [1.82, 2.24) is 9.55 Å². The minimum atomic E-state index is 0.600. The number of halogens is 1. The molecule has 0 aliphatic heterocycles. The lowest BCUT2D eigenvalue weighted by Crippen LogP contribution is -1.97. The fraction of sp³-hybridized carbons (Fsp3) is 0.118. The minimum Gasteiger partial charge on any atom is -0.489 e. The molecule has 0 saturated heterocycles. The molecule has 5 heteroatoms. The first-order valence-electron chi connectivity index (χ1n) is 7.00. The molecule has 2 aromatic carbocycles. The zero-order valence-corrected chi connectivity index (χ0v) is 15.1. The van der Waals surface area contributed by atoms with Gasteiger partial charge in [-0.2, -0.15) is 5.10 Å². The number of nitrogens with zero attached hydrogens (tertiary/aromatic N) is 2. The van der Waals surface area contributed by atoms with Crippen molar-refractivity contribution in [2.24, 2.45) is 0 Å². The van der Waals surface area contributed by atoms with E-state index in [0.717, 1.165) is 12.2 Å². The van der Waals surface area contributed by atoms with Crippen molar-refractivity contribution in [3.63, 3.8) is 0 Å². The predicted molar refractivity (Wildman–Crippen MR) is 100.0 cm³/mol. The summed E-state index contributed by atoms with van der Waals surface area (Å²) in [5.41, 5.74) is 3.69. The van der Waals surface area contributed by atoms with Crippen molar-refractivity contribution >= 4 is 28.4 Å². The summed E-state index contributed by atoms with van der Waals surface area (Å²) >= 11 is 2.35. The van der Waals surface area contributed by atoms with Gasteiger partial charge < -0.3 is 4.74 Å². The molecule has 3 nitrogen and oxygen atoms in total. The van der Waals surface area contributed by atoms with Crippen molar-refractivity contribution < 1.29 is 4.74 Å². The van der Waals surface area contributed by atoms with Crippen LogP contribution in [0, 0.1) is 0 Å². The summed E-state index contributed by atoms with van der Waals surface area (Å²) in [6.45, 7) is 0.600. The van der Waals surface area contributed by atoms with Crippen LogP contribution >= 0.6 is 28.4 Å². The van der Waals surface area contributed by atoms with Gasteiger partial charge in [-0.15, -0.1) is 0 Å². The number of aromatic nitrogens is 2. The monoisotopic (exact) mass is 422 g/mol. The number of benzene rings is 2. The van der Waals surface area contributed by atoms with E-state index in [4.69, 9.17) is 4.74 Å². The normalized spacial score (nSPS) is 11.1. The SMILES string of the molecule is IPn1nccc1Cc1ccc(OCc2ccccc2)cc1. The molecule has 112 valence electrons. The van der Waals surface area contributed by atoms with Gasteiger partial charge in [-0.05, 0) is 51.4 Å². The van der Waals surface area contributed by atoms with Gasteiger partial charge in [0.15, 0.2) is 0 Å². The summed E-state index contributed by atoms with van der Waals surface area (Å²) in [5, 5.41) is 4.31. The lowest BCUT2D eigenvalue weighted by atomic mass is 10.1. The van der Waals surface area contributed by atoms with Gasteiger partial charge in [-0.1, -0.05) is 42.5 Å². The summed E-state index contributed by atoms with van der Waals surface area (Å²) in [5.74, 6) is 0.900. The Bertz CT molecular complexity index is 713. The third kappa shape index (κ3) is 4.08. The molecule has 0 radical (unpaired) electrons. The van der Waals surface area contributed by atoms with Crippen molar-refractivity contribution in [2.75, 3.05) is 0 Å². The Morgan fingerprint density at radius 3 is 2.45 bits per heavy atom. The Labute approximate surface area is 145 Å². The average Bonchev–Trinajstić information content (AvgIpc) is 3.02. The van der Waals surface area contributed by atoms with E-state index < -0.39 is 0 Å². The Morgan fingerprint density at radius 2 is 1.73 bits per heavy atom. The molecule has 0 bridgehead atoms. The molecule has 0 N–H and O–H groups in total. The summed E-state index contributed by atoms with van der Waals surface area (Å²) in [4.78, 5) is 0. The third-order valence-corrected chi connectivity index (χ3v) is 5.29. The second-order valence-electron chi connectivity index (χ2n) is 4.91. The highest BCUT2D eigenvalue weighted by Gasteiger charge is 2.03. The Kier molecular flexibility index (Phi) is 5.46. The van der Waals surface area contributed by atoms with E-state index in [9.17, 15) is 0 Å². The Hall–Kier alpha value is -1.39. The first-order chi connectivity index (χ1) is 10.8.